The van der Waals surface area contributed by atoms with E-state index >= 15 is 0 Å². The van der Waals surface area contributed by atoms with Crippen LogP contribution in [0.4, 0.5) is 0 Å². The number of aromatic nitrogens is 2. The molecule has 1 aromatic heterocycles. The molecule has 0 aliphatic heterocycles. The van der Waals surface area contributed by atoms with Gasteiger partial charge in [-0.15, -0.1) is 0 Å². The van der Waals surface area contributed by atoms with Crippen LogP contribution in [0.25, 0.3) is 0 Å². The molecular formula is C5H5N3O3. The van der Waals surface area contributed by atoms with E-state index in [1.54, 1.807) is 0 Å². The number of amides is 1. The van der Waals surface area contributed by atoms with Gasteiger partial charge in [-0.05, 0) is 5.16 Å². The van der Waals surface area contributed by atoms with Gasteiger partial charge in [-0.1, -0.05) is 5.16 Å². The monoisotopic (exact) mass is 155 g/mol. The van der Waals surface area contributed by atoms with Gasteiger partial charge in [0.25, 0.3) is 5.91 Å². The maximum absolute atomic E-state index is 10.5. The average molecular weight is 155 g/mol. The van der Waals surface area contributed by atoms with E-state index in [-0.39, 0.29) is 17.8 Å². The first-order chi connectivity index (χ1) is 5.25. The van der Waals surface area contributed by atoms with Crippen LogP contribution in [0.3, 0.4) is 0 Å². The lowest BCUT2D eigenvalue weighted by Crippen LogP contribution is -2.14. The average Bonchev–Trinajstić information content (AvgIpc) is 2.36. The van der Waals surface area contributed by atoms with Crippen molar-refractivity contribution in [3.05, 3.63) is 11.4 Å². The lowest BCUT2D eigenvalue weighted by molar-refractivity contribution is -0.107. The fraction of sp³-hybridized carbons (Fsp3) is 0.200. The van der Waals surface area contributed by atoms with Crippen molar-refractivity contribution in [1.29, 1.82) is 0 Å². The molecule has 0 aromatic carbocycles. The van der Waals surface area contributed by atoms with Gasteiger partial charge in [-0.3, -0.25) is 4.79 Å². The zero-order valence-electron chi connectivity index (χ0n) is 5.48. The number of hydrogen-bond acceptors (Lipinski definition) is 5. The maximum Gasteiger partial charge on any atom is 0.272 e. The second-order valence-electron chi connectivity index (χ2n) is 1.79. The molecule has 1 amide bonds. The fourth-order valence-electron chi connectivity index (χ4n) is 0.607. The van der Waals surface area contributed by atoms with E-state index in [4.69, 9.17) is 5.73 Å². The predicted molar refractivity (Wildman–Crippen MR) is 32.6 cm³/mol. The van der Waals surface area contributed by atoms with Crippen LogP contribution >= 0.6 is 0 Å². The third kappa shape index (κ3) is 1.40. The summed E-state index contributed by atoms with van der Waals surface area (Å²) in [4.78, 5) is 20.5. The highest BCUT2D eigenvalue weighted by molar-refractivity contribution is 5.92. The molecule has 11 heavy (non-hydrogen) atoms. The normalized spacial score (nSPS) is 9.45. The van der Waals surface area contributed by atoms with Crippen molar-refractivity contribution in [3.8, 4) is 0 Å². The van der Waals surface area contributed by atoms with E-state index < -0.39 is 5.91 Å². The fourth-order valence-corrected chi connectivity index (χ4v) is 0.607. The number of hydrogen-bond donors (Lipinski definition) is 1. The predicted octanol–water partition coefficient (Wildman–Crippen LogP) is -1.09. The van der Waals surface area contributed by atoms with Crippen LogP contribution in [-0.2, 0) is 11.2 Å². The summed E-state index contributed by atoms with van der Waals surface area (Å²) < 4.78 is 4.20. The molecule has 0 saturated carbocycles. The molecule has 0 fully saturated rings. The minimum absolute atomic E-state index is 0.0121. The molecule has 1 aromatic rings. The molecule has 0 radical (unpaired) electrons. The number of nitrogens with two attached hydrogens (primary N) is 1. The first-order valence-electron chi connectivity index (χ1n) is 2.80. The lowest BCUT2D eigenvalue weighted by Gasteiger charge is -1.85. The molecule has 0 atom stereocenters. The first kappa shape index (κ1) is 7.39. The minimum Gasteiger partial charge on any atom is -0.364 e. The van der Waals surface area contributed by atoms with Crippen molar-refractivity contribution in [2.75, 3.05) is 0 Å². The first-order valence-corrected chi connectivity index (χ1v) is 2.80. The Hall–Kier alpha value is -1.72. The number of nitrogens with zero attached hydrogens (tertiary/aromatic N) is 2. The Balaban J connectivity index is 2.95. The Morgan fingerprint density at radius 3 is 2.91 bits per heavy atom. The molecule has 58 valence electrons. The van der Waals surface area contributed by atoms with Gasteiger partial charge in [0.2, 0.25) is 0 Å². The summed E-state index contributed by atoms with van der Waals surface area (Å²) in [7, 11) is 0. The topological polar surface area (TPSA) is 99.1 Å². The van der Waals surface area contributed by atoms with Crippen LogP contribution in [0.2, 0.25) is 0 Å². The van der Waals surface area contributed by atoms with Crippen molar-refractivity contribution in [2.45, 2.75) is 6.42 Å². The van der Waals surface area contributed by atoms with Gasteiger partial charge in [0, 0.05) is 0 Å². The van der Waals surface area contributed by atoms with Crippen LogP contribution < -0.4 is 5.73 Å². The Kier molecular flexibility index (Phi) is 1.95. The molecule has 0 bridgehead atoms. The smallest absolute Gasteiger partial charge is 0.272 e. The van der Waals surface area contributed by atoms with Gasteiger partial charge in [0.05, 0.1) is 6.42 Å². The van der Waals surface area contributed by atoms with Crippen LogP contribution in [0.1, 0.15) is 16.2 Å². The molecule has 6 heteroatoms. The summed E-state index contributed by atoms with van der Waals surface area (Å²) in [6.07, 6.45) is 0.577. The Labute approximate surface area is 61.3 Å². The van der Waals surface area contributed by atoms with Crippen molar-refractivity contribution in [3.63, 3.8) is 0 Å². The molecule has 0 saturated heterocycles. The SMILES string of the molecule is NC(=O)c1nonc1CC=O. The summed E-state index contributed by atoms with van der Waals surface area (Å²) >= 11 is 0. The van der Waals surface area contributed by atoms with Crippen LogP contribution in [0.5, 0.6) is 0 Å². The van der Waals surface area contributed by atoms with Gasteiger partial charge in [0.1, 0.15) is 12.0 Å². The number of primary amides is 1. The van der Waals surface area contributed by atoms with E-state index in [0.29, 0.717) is 6.29 Å². The summed E-state index contributed by atoms with van der Waals surface area (Å²) in [5, 5.41) is 6.52. The van der Waals surface area contributed by atoms with E-state index in [0.717, 1.165) is 0 Å². The van der Waals surface area contributed by atoms with Crippen LogP contribution in [-0.4, -0.2) is 22.5 Å². The van der Waals surface area contributed by atoms with Gasteiger partial charge >= 0.3 is 0 Å². The zero-order chi connectivity index (χ0) is 8.27. The van der Waals surface area contributed by atoms with Crippen LogP contribution in [0, 0.1) is 0 Å². The molecule has 0 spiro atoms. The molecule has 0 aliphatic carbocycles. The van der Waals surface area contributed by atoms with Crippen molar-refractivity contribution < 1.29 is 14.2 Å². The molecule has 2 N–H and O–H groups in total. The summed E-state index contributed by atoms with van der Waals surface area (Å²) in [6, 6.07) is 0. The largest absolute Gasteiger partial charge is 0.364 e. The third-order valence-electron chi connectivity index (χ3n) is 1.07. The number of carbonyl (C=O) groups is 2. The van der Waals surface area contributed by atoms with Gasteiger partial charge in [0.15, 0.2) is 5.69 Å². The Bertz CT molecular complexity index is 280. The van der Waals surface area contributed by atoms with Crippen molar-refractivity contribution in [1.82, 2.24) is 10.3 Å². The molecule has 1 rings (SSSR count). The molecule has 0 unspecified atom stereocenters. The number of rotatable bonds is 3. The number of carbonyl (C=O) groups excluding carboxylic acids is 2. The van der Waals surface area contributed by atoms with Crippen molar-refractivity contribution >= 4 is 12.2 Å². The molecule has 0 aliphatic rings. The Morgan fingerprint density at radius 1 is 1.64 bits per heavy atom. The second-order valence-corrected chi connectivity index (χ2v) is 1.79. The van der Waals surface area contributed by atoms with Crippen LogP contribution in [0.15, 0.2) is 4.63 Å². The molecular weight excluding hydrogens is 150 g/mol. The maximum atomic E-state index is 10.5. The highest BCUT2D eigenvalue weighted by atomic mass is 16.6. The Morgan fingerprint density at radius 2 is 2.36 bits per heavy atom. The summed E-state index contributed by atoms with van der Waals surface area (Å²) in [5.41, 5.74) is 4.96. The van der Waals surface area contributed by atoms with E-state index in [2.05, 4.69) is 14.9 Å². The van der Waals surface area contributed by atoms with Gasteiger partial charge in [-0.25, -0.2) is 4.63 Å². The van der Waals surface area contributed by atoms with E-state index in [9.17, 15) is 9.59 Å². The van der Waals surface area contributed by atoms with Gasteiger partial charge < -0.3 is 10.5 Å². The highest BCUT2D eigenvalue weighted by Crippen LogP contribution is 2.00. The third-order valence-corrected chi connectivity index (χ3v) is 1.07. The lowest BCUT2D eigenvalue weighted by atomic mass is 10.2. The highest BCUT2D eigenvalue weighted by Gasteiger charge is 2.13. The quantitative estimate of drug-likeness (QED) is 0.559. The summed E-state index contributed by atoms with van der Waals surface area (Å²) in [5.74, 6) is -0.747. The van der Waals surface area contributed by atoms with Crippen molar-refractivity contribution in [2.24, 2.45) is 5.73 Å². The minimum atomic E-state index is -0.747. The zero-order valence-corrected chi connectivity index (χ0v) is 5.48. The van der Waals surface area contributed by atoms with E-state index in [1.807, 2.05) is 0 Å². The standard InChI is InChI=1S/C5H5N3O3/c6-5(10)4-3(1-2-9)7-11-8-4/h2H,1H2,(H2,6,10). The van der Waals surface area contributed by atoms with Gasteiger partial charge in [-0.2, -0.15) is 0 Å². The summed E-state index contributed by atoms with van der Waals surface area (Å²) in [6.45, 7) is 0. The second kappa shape index (κ2) is 2.91. The molecule has 1 heterocycles. The van der Waals surface area contributed by atoms with E-state index in [1.165, 1.54) is 0 Å². The number of aldehydes is 1. The molecule has 6 nitrogen and oxygen atoms in total.